The highest BCUT2D eigenvalue weighted by Crippen LogP contribution is 2.63. The third-order valence-electron chi connectivity index (χ3n) is 5.96. The molecule has 1 amide bonds. The average molecular weight is 247 g/mol. The fourth-order valence-electron chi connectivity index (χ4n) is 5.17. The van der Waals surface area contributed by atoms with Gasteiger partial charge in [-0.1, -0.05) is 13.5 Å². The first-order chi connectivity index (χ1) is 8.32. The molecule has 2 unspecified atom stereocenters. The van der Waals surface area contributed by atoms with Gasteiger partial charge < -0.3 is 5.32 Å². The highest BCUT2D eigenvalue weighted by atomic mass is 16.1. The Morgan fingerprint density at radius 2 is 1.72 bits per heavy atom. The Morgan fingerprint density at radius 3 is 2.17 bits per heavy atom. The van der Waals surface area contributed by atoms with E-state index in [4.69, 9.17) is 0 Å². The fourth-order valence-corrected chi connectivity index (χ4v) is 5.17. The first-order valence-corrected chi connectivity index (χ1v) is 7.30. The molecule has 0 radical (unpaired) electrons. The molecule has 0 saturated heterocycles. The van der Waals surface area contributed by atoms with Crippen molar-refractivity contribution in [3.63, 3.8) is 0 Å². The first-order valence-electron chi connectivity index (χ1n) is 7.30. The predicted molar refractivity (Wildman–Crippen MR) is 73.0 cm³/mol. The van der Waals surface area contributed by atoms with Crippen molar-refractivity contribution in [3.8, 4) is 0 Å². The number of rotatable bonds is 2. The van der Waals surface area contributed by atoms with Gasteiger partial charge in [-0.05, 0) is 69.1 Å². The van der Waals surface area contributed by atoms with Gasteiger partial charge in [0.25, 0.3) is 0 Å². The minimum Gasteiger partial charge on any atom is -0.347 e. The van der Waals surface area contributed by atoms with Crippen LogP contribution >= 0.6 is 0 Å². The van der Waals surface area contributed by atoms with Crippen LogP contribution in [0.4, 0.5) is 0 Å². The Bertz CT molecular complexity index is 395. The van der Waals surface area contributed by atoms with Gasteiger partial charge >= 0.3 is 0 Å². The van der Waals surface area contributed by atoms with Crippen molar-refractivity contribution < 1.29 is 4.79 Å². The van der Waals surface area contributed by atoms with E-state index >= 15 is 0 Å². The zero-order valence-electron chi connectivity index (χ0n) is 11.9. The number of carbonyl (C=O) groups is 1. The summed E-state index contributed by atoms with van der Waals surface area (Å²) in [6, 6.07) is 0. The third-order valence-corrected chi connectivity index (χ3v) is 5.96. The lowest BCUT2D eigenvalue weighted by Gasteiger charge is -2.64. The highest BCUT2D eigenvalue weighted by Gasteiger charge is 2.59. The smallest absolute Gasteiger partial charge is 0.246 e. The number of hydrogen-bond acceptors (Lipinski definition) is 1. The molecule has 0 aromatic heterocycles. The van der Waals surface area contributed by atoms with Crippen molar-refractivity contribution in [2.75, 3.05) is 0 Å². The van der Waals surface area contributed by atoms with Gasteiger partial charge in [-0.2, -0.15) is 0 Å². The standard InChI is InChI=1S/C16H25NO/c1-10(2)14(18)17-16(4)12-5-11-6-13(16)9-15(3,7-11)8-12/h11-13H,1,5-9H2,2-4H3,(H,17,18). The van der Waals surface area contributed by atoms with Gasteiger partial charge in [0.2, 0.25) is 5.91 Å². The van der Waals surface area contributed by atoms with E-state index in [1.165, 1.54) is 32.1 Å². The van der Waals surface area contributed by atoms with Gasteiger partial charge in [-0.25, -0.2) is 0 Å². The van der Waals surface area contributed by atoms with Crippen molar-refractivity contribution >= 4 is 5.91 Å². The largest absolute Gasteiger partial charge is 0.347 e. The van der Waals surface area contributed by atoms with Gasteiger partial charge in [0, 0.05) is 11.1 Å². The number of nitrogens with one attached hydrogen (secondary N) is 1. The Kier molecular flexibility index (Phi) is 2.46. The average Bonchev–Trinajstić information content (AvgIpc) is 2.23. The maximum absolute atomic E-state index is 12.0. The monoisotopic (exact) mass is 247 g/mol. The first kappa shape index (κ1) is 12.3. The quantitative estimate of drug-likeness (QED) is 0.745. The molecule has 4 fully saturated rings. The van der Waals surface area contributed by atoms with Crippen LogP contribution in [-0.4, -0.2) is 11.4 Å². The van der Waals surface area contributed by atoms with E-state index in [0.29, 0.717) is 22.8 Å². The molecule has 0 heterocycles. The van der Waals surface area contributed by atoms with E-state index in [2.05, 4.69) is 25.7 Å². The number of hydrogen-bond donors (Lipinski definition) is 1. The zero-order valence-corrected chi connectivity index (χ0v) is 11.9. The fraction of sp³-hybridized carbons (Fsp3) is 0.812. The highest BCUT2D eigenvalue weighted by molar-refractivity contribution is 5.92. The summed E-state index contributed by atoms with van der Waals surface area (Å²) in [6.45, 7) is 10.3. The van der Waals surface area contributed by atoms with E-state index in [1.807, 2.05) is 0 Å². The molecule has 4 aliphatic rings. The molecule has 1 N–H and O–H groups in total. The second-order valence-electron chi connectivity index (χ2n) is 7.67. The van der Waals surface area contributed by atoms with Crippen LogP contribution in [0.25, 0.3) is 0 Å². The summed E-state index contributed by atoms with van der Waals surface area (Å²) in [4.78, 5) is 12.0. The second kappa shape index (κ2) is 3.61. The van der Waals surface area contributed by atoms with Crippen LogP contribution in [0.5, 0.6) is 0 Å². The van der Waals surface area contributed by atoms with Crippen molar-refractivity contribution in [1.82, 2.24) is 5.32 Å². The van der Waals surface area contributed by atoms with Crippen LogP contribution in [0, 0.1) is 23.2 Å². The Labute approximate surface area is 110 Å². The summed E-state index contributed by atoms with van der Waals surface area (Å²) in [6.07, 6.45) is 6.66. The molecule has 0 aliphatic heterocycles. The van der Waals surface area contributed by atoms with E-state index in [-0.39, 0.29) is 11.4 Å². The predicted octanol–water partition coefficient (Wildman–Crippen LogP) is 3.28. The van der Waals surface area contributed by atoms with Crippen molar-refractivity contribution in [2.24, 2.45) is 23.2 Å². The van der Waals surface area contributed by atoms with Crippen LogP contribution in [0.2, 0.25) is 0 Å². The molecule has 0 aromatic rings. The number of carbonyl (C=O) groups excluding carboxylic acids is 1. The van der Waals surface area contributed by atoms with Crippen molar-refractivity contribution in [2.45, 2.75) is 58.4 Å². The maximum Gasteiger partial charge on any atom is 0.246 e. The van der Waals surface area contributed by atoms with Gasteiger partial charge in [-0.3, -0.25) is 4.79 Å². The van der Waals surface area contributed by atoms with Crippen LogP contribution in [0.3, 0.4) is 0 Å². The molecule has 0 spiro atoms. The molecular formula is C16H25NO. The summed E-state index contributed by atoms with van der Waals surface area (Å²) in [5, 5.41) is 3.32. The normalized spacial score (nSPS) is 49.2. The third kappa shape index (κ3) is 1.64. The van der Waals surface area contributed by atoms with Crippen molar-refractivity contribution in [3.05, 3.63) is 12.2 Å². The van der Waals surface area contributed by atoms with Crippen molar-refractivity contribution in [1.29, 1.82) is 0 Å². The summed E-state index contributed by atoms with van der Waals surface area (Å²) in [5.41, 5.74) is 1.22. The summed E-state index contributed by atoms with van der Waals surface area (Å²) < 4.78 is 0. The lowest BCUT2D eigenvalue weighted by molar-refractivity contribution is -0.134. The maximum atomic E-state index is 12.0. The zero-order chi connectivity index (χ0) is 13.1. The summed E-state index contributed by atoms with van der Waals surface area (Å²) in [5.74, 6) is 2.33. The molecule has 2 atom stereocenters. The van der Waals surface area contributed by atoms with Gasteiger partial charge in [0.15, 0.2) is 0 Å². The molecule has 2 nitrogen and oxygen atoms in total. The minimum absolute atomic E-state index is 0.0203. The Morgan fingerprint density at radius 1 is 1.17 bits per heavy atom. The molecular weight excluding hydrogens is 222 g/mol. The Balaban J connectivity index is 1.85. The van der Waals surface area contributed by atoms with Gasteiger partial charge in [0.1, 0.15) is 0 Å². The van der Waals surface area contributed by atoms with Gasteiger partial charge in [0.05, 0.1) is 0 Å². The van der Waals surface area contributed by atoms with E-state index < -0.39 is 0 Å². The molecule has 4 rings (SSSR count). The lowest BCUT2D eigenvalue weighted by Crippen LogP contribution is -2.66. The molecule has 4 saturated carbocycles. The minimum atomic E-state index is 0.0203. The van der Waals surface area contributed by atoms with E-state index in [1.54, 1.807) is 6.92 Å². The SMILES string of the molecule is C=C(C)C(=O)NC1(C)C2CC3CC1CC(C)(C3)C2. The van der Waals surface area contributed by atoms with E-state index in [0.717, 1.165) is 5.92 Å². The number of amides is 1. The van der Waals surface area contributed by atoms with Crippen LogP contribution < -0.4 is 5.32 Å². The van der Waals surface area contributed by atoms with Crippen LogP contribution in [-0.2, 0) is 4.79 Å². The van der Waals surface area contributed by atoms with Crippen LogP contribution in [0.1, 0.15) is 52.9 Å². The molecule has 4 aliphatic carbocycles. The Hall–Kier alpha value is -0.790. The second-order valence-corrected chi connectivity index (χ2v) is 7.67. The molecule has 2 heteroatoms. The molecule has 4 bridgehead atoms. The molecule has 0 aromatic carbocycles. The molecule has 18 heavy (non-hydrogen) atoms. The summed E-state index contributed by atoms with van der Waals surface area (Å²) >= 11 is 0. The lowest BCUT2D eigenvalue weighted by atomic mass is 9.44. The topological polar surface area (TPSA) is 29.1 Å². The molecule has 100 valence electrons. The van der Waals surface area contributed by atoms with Gasteiger partial charge in [-0.15, -0.1) is 0 Å². The van der Waals surface area contributed by atoms with Crippen LogP contribution in [0.15, 0.2) is 12.2 Å². The summed E-state index contributed by atoms with van der Waals surface area (Å²) in [7, 11) is 0. The van der Waals surface area contributed by atoms with E-state index in [9.17, 15) is 4.79 Å².